The molecular weight excluding hydrogens is 266 g/mol. The zero-order chi connectivity index (χ0) is 14.3. The largest absolute Gasteiger partial charge is 0.508 e. The van der Waals surface area contributed by atoms with Gasteiger partial charge in [0.25, 0.3) is 0 Å². The Kier molecular flexibility index (Phi) is 6.04. The molecule has 4 N–H and O–H groups in total. The van der Waals surface area contributed by atoms with Crippen molar-refractivity contribution in [2.24, 2.45) is 5.10 Å². The van der Waals surface area contributed by atoms with E-state index in [0.29, 0.717) is 17.3 Å². The highest BCUT2D eigenvalue weighted by molar-refractivity contribution is 7.80. The summed E-state index contributed by atoms with van der Waals surface area (Å²) in [5.41, 5.74) is 3.09. The topological polar surface area (TPSA) is 86.1 Å². The first-order chi connectivity index (χ1) is 9.02. The molecule has 7 heteroatoms. The molecule has 0 unspecified atom stereocenters. The summed E-state index contributed by atoms with van der Waals surface area (Å²) in [6.07, 6.45) is 1.41. The zero-order valence-electron chi connectivity index (χ0n) is 10.8. The third-order valence-electron chi connectivity index (χ3n) is 2.18. The Balaban J connectivity index is 2.47. The molecule has 0 saturated heterocycles. The summed E-state index contributed by atoms with van der Waals surface area (Å²) in [5, 5.41) is 25.9. The second kappa shape index (κ2) is 7.55. The van der Waals surface area contributed by atoms with Crippen molar-refractivity contribution in [3.8, 4) is 11.5 Å². The van der Waals surface area contributed by atoms with Gasteiger partial charge in [0, 0.05) is 24.8 Å². The lowest BCUT2D eigenvalue weighted by atomic mass is 10.2. The van der Waals surface area contributed by atoms with Crippen LogP contribution >= 0.6 is 12.2 Å². The highest BCUT2D eigenvalue weighted by Gasteiger charge is 2.02. The van der Waals surface area contributed by atoms with Crippen molar-refractivity contribution in [3.05, 3.63) is 23.8 Å². The number of hydrazone groups is 1. The van der Waals surface area contributed by atoms with Crippen LogP contribution in [-0.4, -0.2) is 41.3 Å². The lowest BCUT2D eigenvalue weighted by molar-refractivity contribution is 0.179. The van der Waals surface area contributed by atoms with Crippen LogP contribution < -0.4 is 10.7 Å². The minimum atomic E-state index is -0.0582. The first-order valence-electron chi connectivity index (χ1n) is 5.63. The van der Waals surface area contributed by atoms with Gasteiger partial charge in [-0.3, -0.25) is 5.43 Å². The van der Waals surface area contributed by atoms with Gasteiger partial charge < -0.3 is 20.3 Å². The van der Waals surface area contributed by atoms with Gasteiger partial charge in [-0.25, -0.2) is 0 Å². The molecule has 0 aromatic heterocycles. The summed E-state index contributed by atoms with van der Waals surface area (Å²) in [6.45, 7) is 2.46. The third-order valence-corrected chi connectivity index (χ3v) is 2.39. The number of phenols is 2. The van der Waals surface area contributed by atoms with Crippen LogP contribution in [0, 0.1) is 0 Å². The predicted molar refractivity (Wildman–Crippen MR) is 77.6 cm³/mol. The lowest BCUT2D eigenvalue weighted by Crippen LogP contribution is -2.40. The van der Waals surface area contributed by atoms with E-state index in [1.54, 1.807) is 13.2 Å². The van der Waals surface area contributed by atoms with Crippen LogP contribution in [0.3, 0.4) is 0 Å². The van der Waals surface area contributed by atoms with Crippen molar-refractivity contribution in [3.63, 3.8) is 0 Å². The van der Waals surface area contributed by atoms with Gasteiger partial charge in [0.2, 0.25) is 0 Å². The number of nitrogens with one attached hydrogen (secondary N) is 2. The van der Waals surface area contributed by atoms with Crippen molar-refractivity contribution in [1.82, 2.24) is 10.7 Å². The third kappa shape index (κ3) is 5.54. The Bertz CT molecular complexity index is 466. The Labute approximate surface area is 117 Å². The molecule has 0 aliphatic heterocycles. The van der Waals surface area contributed by atoms with E-state index in [0.717, 1.165) is 0 Å². The number of ether oxygens (including phenoxy) is 1. The smallest absolute Gasteiger partial charge is 0.187 e. The van der Waals surface area contributed by atoms with E-state index in [1.807, 2.05) is 6.92 Å². The fourth-order valence-corrected chi connectivity index (χ4v) is 1.60. The van der Waals surface area contributed by atoms with Gasteiger partial charge in [0.1, 0.15) is 11.5 Å². The molecular formula is C12H17N3O3S. The number of methoxy groups -OCH3 is 1. The SMILES string of the molecule is COC[C@H](C)NC(=S)N/N=C/c1ccc(O)cc1O. The molecule has 104 valence electrons. The molecule has 0 aliphatic carbocycles. The average molecular weight is 283 g/mol. The number of rotatable bonds is 5. The van der Waals surface area contributed by atoms with Crippen LogP contribution in [-0.2, 0) is 4.74 Å². The Hall–Kier alpha value is -1.86. The summed E-state index contributed by atoms with van der Waals surface area (Å²) >= 11 is 5.02. The van der Waals surface area contributed by atoms with Crippen LogP contribution in [0.5, 0.6) is 11.5 Å². The molecule has 0 bridgehead atoms. The van der Waals surface area contributed by atoms with Crippen LogP contribution in [0.1, 0.15) is 12.5 Å². The number of aromatic hydroxyl groups is 2. The van der Waals surface area contributed by atoms with E-state index in [9.17, 15) is 5.11 Å². The Morgan fingerprint density at radius 2 is 2.26 bits per heavy atom. The normalized spacial score (nSPS) is 12.3. The minimum absolute atomic E-state index is 0.00631. The Morgan fingerprint density at radius 1 is 1.53 bits per heavy atom. The summed E-state index contributed by atoms with van der Waals surface area (Å²) in [4.78, 5) is 0. The molecule has 1 aromatic rings. The van der Waals surface area contributed by atoms with Gasteiger partial charge in [0.05, 0.1) is 12.8 Å². The lowest BCUT2D eigenvalue weighted by Gasteiger charge is -2.13. The molecule has 6 nitrogen and oxygen atoms in total. The summed E-state index contributed by atoms with van der Waals surface area (Å²) in [5.74, 6) is -0.0645. The van der Waals surface area contributed by atoms with Crippen molar-refractivity contribution in [2.45, 2.75) is 13.0 Å². The first kappa shape index (κ1) is 15.2. The standard InChI is InChI=1S/C12H17N3O3S/c1-8(7-18-2)14-12(19)15-13-6-9-3-4-10(16)5-11(9)17/h3-6,8,16-17H,7H2,1-2H3,(H2,14,15,19)/b13-6+/t8-/m0/s1. The van der Waals surface area contributed by atoms with E-state index in [-0.39, 0.29) is 17.5 Å². The number of hydrogen-bond donors (Lipinski definition) is 4. The Morgan fingerprint density at radius 3 is 2.89 bits per heavy atom. The van der Waals surface area contributed by atoms with Gasteiger partial charge in [-0.1, -0.05) is 0 Å². The second-order valence-electron chi connectivity index (χ2n) is 3.94. The van der Waals surface area contributed by atoms with Crippen LogP contribution in [0.4, 0.5) is 0 Å². The molecule has 1 atom stereocenters. The summed E-state index contributed by atoms with van der Waals surface area (Å²) in [6, 6.07) is 4.30. The fraction of sp³-hybridized carbons (Fsp3) is 0.333. The van der Waals surface area contributed by atoms with E-state index in [1.165, 1.54) is 18.3 Å². The molecule has 0 radical (unpaired) electrons. The second-order valence-corrected chi connectivity index (χ2v) is 4.35. The summed E-state index contributed by atoms with van der Waals surface area (Å²) < 4.78 is 4.96. The van der Waals surface area contributed by atoms with Gasteiger partial charge in [0.15, 0.2) is 5.11 Å². The average Bonchev–Trinajstić information content (AvgIpc) is 2.32. The zero-order valence-corrected chi connectivity index (χ0v) is 11.6. The monoisotopic (exact) mass is 283 g/mol. The molecule has 0 aliphatic rings. The van der Waals surface area contributed by atoms with Crippen molar-refractivity contribution < 1.29 is 14.9 Å². The molecule has 1 rings (SSSR count). The van der Waals surface area contributed by atoms with Gasteiger partial charge in [-0.15, -0.1) is 0 Å². The van der Waals surface area contributed by atoms with Crippen molar-refractivity contribution in [1.29, 1.82) is 0 Å². The number of hydrogen-bond acceptors (Lipinski definition) is 5. The molecule has 0 amide bonds. The van der Waals surface area contributed by atoms with E-state index in [4.69, 9.17) is 22.1 Å². The molecule has 1 aromatic carbocycles. The van der Waals surface area contributed by atoms with Crippen molar-refractivity contribution in [2.75, 3.05) is 13.7 Å². The molecule has 0 saturated carbocycles. The maximum absolute atomic E-state index is 9.53. The highest BCUT2D eigenvalue weighted by Crippen LogP contribution is 2.20. The molecule has 19 heavy (non-hydrogen) atoms. The summed E-state index contributed by atoms with van der Waals surface area (Å²) in [7, 11) is 1.61. The molecule has 0 fully saturated rings. The van der Waals surface area contributed by atoms with Gasteiger partial charge >= 0.3 is 0 Å². The van der Waals surface area contributed by atoms with Gasteiger partial charge in [-0.2, -0.15) is 5.10 Å². The van der Waals surface area contributed by atoms with E-state index >= 15 is 0 Å². The maximum atomic E-state index is 9.53. The number of thiocarbonyl (C=S) groups is 1. The minimum Gasteiger partial charge on any atom is -0.508 e. The molecule has 0 heterocycles. The predicted octanol–water partition coefficient (Wildman–Crippen LogP) is 0.931. The fourth-order valence-electron chi connectivity index (χ4n) is 1.35. The first-order valence-corrected chi connectivity index (χ1v) is 6.04. The van der Waals surface area contributed by atoms with E-state index < -0.39 is 0 Å². The van der Waals surface area contributed by atoms with Crippen LogP contribution in [0.2, 0.25) is 0 Å². The van der Waals surface area contributed by atoms with Crippen molar-refractivity contribution >= 4 is 23.5 Å². The van der Waals surface area contributed by atoms with Gasteiger partial charge in [-0.05, 0) is 31.3 Å². The highest BCUT2D eigenvalue weighted by atomic mass is 32.1. The van der Waals surface area contributed by atoms with E-state index in [2.05, 4.69) is 15.8 Å². The quantitative estimate of drug-likeness (QED) is 0.365. The van der Waals surface area contributed by atoms with Crippen LogP contribution in [0.25, 0.3) is 0 Å². The molecule has 0 spiro atoms. The number of phenolic OH excluding ortho intramolecular Hbond substituents is 2. The maximum Gasteiger partial charge on any atom is 0.187 e. The number of nitrogens with zero attached hydrogens (tertiary/aromatic N) is 1. The van der Waals surface area contributed by atoms with Crippen LogP contribution in [0.15, 0.2) is 23.3 Å². The number of benzene rings is 1.